The fourth-order valence-corrected chi connectivity index (χ4v) is 2.47. The SMILES string of the molecule is CCCOc1c(C(C)(C)C)cc(CNC)cc1C(C)(C)C. The van der Waals surface area contributed by atoms with Crippen LogP contribution in [0.3, 0.4) is 0 Å². The Hall–Kier alpha value is -1.02. The summed E-state index contributed by atoms with van der Waals surface area (Å²) in [5.41, 5.74) is 4.11. The molecule has 120 valence electrons. The minimum Gasteiger partial charge on any atom is -0.493 e. The molecule has 1 aromatic rings. The van der Waals surface area contributed by atoms with Crippen LogP contribution in [0.25, 0.3) is 0 Å². The van der Waals surface area contributed by atoms with Gasteiger partial charge in [-0.05, 0) is 29.9 Å². The summed E-state index contributed by atoms with van der Waals surface area (Å²) in [5.74, 6) is 1.09. The van der Waals surface area contributed by atoms with Gasteiger partial charge in [0, 0.05) is 17.7 Å². The van der Waals surface area contributed by atoms with Gasteiger partial charge in [0.1, 0.15) is 5.75 Å². The molecule has 0 bridgehead atoms. The second-order valence-electron chi connectivity index (χ2n) is 7.90. The normalized spacial score (nSPS) is 12.6. The summed E-state index contributed by atoms with van der Waals surface area (Å²) >= 11 is 0. The minimum atomic E-state index is 0.0762. The fourth-order valence-electron chi connectivity index (χ4n) is 2.47. The fraction of sp³-hybridized carbons (Fsp3) is 0.684. The Kier molecular flexibility index (Phi) is 5.86. The van der Waals surface area contributed by atoms with Crippen molar-refractivity contribution >= 4 is 0 Å². The molecule has 1 rings (SSSR count). The Morgan fingerprint density at radius 2 is 1.43 bits per heavy atom. The first-order valence-corrected chi connectivity index (χ1v) is 8.06. The molecule has 0 aromatic heterocycles. The van der Waals surface area contributed by atoms with E-state index in [2.05, 4.69) is 65.9 Å². The smallest absolute Gasteiger partial charge is 0.126 e. The van der Waals surface area contributed by atoms with Gasteiger partial charge in [-0.3, -0.25) is 0 Å². The van der Waals surface area contributed by atoms with Gasteiger partial charge in [-0.2, -0.15) is 0 Å². The lowest BCUT2D eigenvalue weighted by Gasteiger charge is -2.30. The van der Waals surface area contributed by atoms with E-state index in [4.69, 9.17) is 4.74 Å². The Morgan fingerprint density at radius 3 is 1.76 bits per heavy atom. The highest BCUT2D eigenvalue weighted by Crippen LogP contribution is 2.40. The monoisotopic (exact) mass is 291 g/mol. The van der Waals surface area contributed by atoms with E-state index in [1.807, 2.05) is 7.05 Å². The zero-order valence-electron chi connectivity index (χ0n) is 15.2. The third kappa shape index (κ3) is 4.74. The van der Waals surface area contributed by atoms with Crippen molar-refractivity contribution in [2.45, 2.75) is 72.3 Å². The Labute approximate surface area is 131 Å². The van der Waals surface area contributed by atoms with Crippen LogP contribution >= 0.6 is 0 Å². The van der Waals surface area contributed by atoms with Crippen LogP contribution < -0.4 is 10.1 Å². The van der Waals surface area contributed by atoms with Crippen molar-refractivity contribution in [3.05, 3.63) is 28.8 Å². The van der Waals surface area contributed by atoms with E-state index in [9.17, 15) is 0 Å². The van der Waals surface area contributed by atoms with Crippen LogP contribution in [0.4, 0.5) is 0 Å². The molecule has 21 heavy (non-hydrogen) atoms. The average Bonchev–Trinajstić information content (AvgIpc) is 2.34. The van der Waals surface area contributed by atoms with Crippen LogP contribution in [0.15, 0.2) is 12.1 Å². The largest absolute Gasteiger partial charge is 0.493 e. The molecule has 0 fully saturated rings. The number of nitrogens with one attached hydrogen (secondary N) is 1. The number of hydrogen-bond acceptors (Lipinski definition) is 2. The summed E-state index contributed by atoms with van der Waals surface area (Å²) in [6, 6.07) is 4.60. The highest BCUT2D eigenvalue weighted by Gasteiger charge is 2.27. The van der Waals surface area contributed by atoms with Crippen molar-refractivity contribution < 1.29 is 4.74 Å². The lowest BCUT2D eigenvalue weighted by atomic mass is 9.78. The molecule has 0 heterocycles. The number of hydrogen-bond donors (Lipinski definition) is 1. The van der Waals surface area contributed by atoms with Crippen molar-refractivity contribution in [2.24, 2.45) is 0 Å². The van der Waals surface area contributed by atoms with Crippen LogP contribution in [-0.4, -0.2) is 13.7 Å². The van der Waals surface area contributed by atoms with Gasteiger partial charge < -0.3 is 10.1 Å². The highest BCUT2D eigenvalue weighted by molar-refractivity contribution is 5.51. The van der Waals surface area contributed by atoms with E-state index in [1.165, 1.54) is 16.7 Å². The maximum atomic E-state index is 6.18. The molecule has 0 radical (unpaired) electrons. The summed E-state index contributed by atoms with van der Waals surface area (Å²) in [7, 11) is 2.00. The molecule has 1 aromatic carbocycles. The van der Waals surface area contributed by atoms with Gasteiger partial charge in [-0.15, -0.1) is 0 Å². The van der Waals surface area contributed by atoms with Crippen molar-refractivity contribution in [3.8, 4) is 5.75 Å². The Balaban J connectivity index is 3.53. The third-order valence-corrected chi connectivity index (χ3v) is 3.60. The molecule has 0 amide bonds. The molecule has 0 saturated heterocycles. The lowest BCUT2D eigenvalue weighted by Crippen LogP contribution is -2.21. The summed E-state index contributed by atoms with van der Waals surface area (Å²) in [6.45, 7) is 17.4. The van der Waals surface area contributed by atoms with Crippen LogP contribution in [0.5, 0.6) is 5.75 Å². The lowest BCUT2D eigenvalue weighted by molar-refractivity contribution is 0.299. The first-order valence-electron chi connectivity index (χ1n) is 8.06. The standard InChI is InChI=1S/C19H33NO/c1-9-10-21-17-15(18(2,3)4)11-14(13-20-8)12-16(17)19(5,6)7/h11-12,20H,9-10,13H2,1-8H3. The first kappa shape index (κ1) is 18.0. The van der Waals surface area contributed by atoms with Gasteiger partial charge in [0.15, 0.2) is 0 Å². The molecule has 2 heteroatoms. The molecule has 0 spiro atoms. The quantitative estimate of drug-likeness (QED) is 0.842. The summed E-state index contributed by atoms with van der Waals surface area (Å²) in [4.78, 5) is 0. The second-order valence-corrected chi connectivity index (χ2v) is 7.90. The number of rotatable bonds is 5. The van der Waals surface area contributed by atoms with Crippen molar-refractivity contribution in [1.29, 1.82) is 0 Å². The van der Waals surface area contributed by atoms with Gasteiger partial charge in [-0.1, -0.05) is 60.6 Å². The summed E-state index contributed by atoms with van der Waals surface area (Å²) < 4.78 is 6.18. The van der Waals surface area contributed by atoms with Crippen LogP contribution in [0.2, 0.25) is 0 Å². The van der Waals surface area contributed by atoms with E-state index >= 15 is 0 Å². The number of ether oxygens (including phenoxy) is 1. The molecule has 0 unspecified atom stereocenters. The minimum absolute atomic E-state index is 0.0762. The molecule has 0 atom stereocenters. The topological polar surface area (TPSA) is 21.3 Å². The van der Waals surface area contributed by atoms with Crippen molar-refractivity contribution in [2.75, 3.05) is 13.7 Å². The molecule has 2 nitrogen and oxygen atoms in total. The molecule has 0 saturated carbocycles. The maximum Gasteiger partial charge on any atom is 0.126 e. The molecular weight excluding hydrogens is 258 g/mol. The molecule has 0 aliphatic carbocycles. The summed E-state index contributed by atoms with van der Waals surface area (Å²) in [5, 5.41) is 3.26. The number of benzene rings is 1. The summed E-state index contributed by atoms with van der Waals surface area (Å²) in [6.07, 6.45) is 1.03. The predicted molar refractivity (Wildman–Crippen MR) is 92.4 cm³/mol. The van der Waals surface area contributed by atoms with Crippen molar-refractivity contribution in [1.82, 2.24) is 5.32 Å². The highest BCUT2D eigenvalue weighted by atomic mass is 16.5. The average molecular weight is 291 g/mol. The predicted octanol–water partition coefficient (Wildman–Crippen LogP) is 4.79. The first-order chi connectivity index (χ1) is 9.61. The molecule has 0 aliphatic heterocycles. The van der Waals surface area contributed by atoms with E-state index in [1.54, 1.807) is 0 Å². The molecular formula is C19H33NO. The van der Waals surface area contributed by atoms with Crippen LogP contribution in [0, 0.1) is 0 Å². The van der Waals surface area contributed by atoms with Crippen molar-refractivity contribution in [3.63, 3.8) is 0 Å². The molecule has 1 N–H and O–H groups in total. The van der Waals surface area contributed by atoms with Crippen LogP contribution in [0.1, 0.15) is 71.6 Å². The third-order valence-electron chi connectivity index (χ3n) is 3.60. The van der Waals surface area contributed by atoms with Gasteiger partial charge in [0.05, 0.1) is 6.61 Å². The van der Waals surface area contributed by atoms with E-state index in [0.29, 0.717) is 0 Å². The van der Waals surface area contributed by atoms with E-state index in [-0.39, 0.29) is 10.8 Å². The Bertz CT molecular complexity index is 428. The second kappa shape index (κ2) is 6.83. The zero-order valence-corrected chi connectivity index (χ0v) is 15.2. The van der Waals surface area contributed by atoms with Gasteiger partial charge in [0.2, 0.25) is 0 Å². The zero-order chi connectivity index (χ0) is 16.3. The Morgan fingerprint density at radius 1 is 0.952 bits per heavy atom. The maximum absolute atomic E-state index is 6.18. The van der Waals surface area contributed by atoms with E-state index < -0.39 is 0 Å². The molecule has 0 aliphatic rings. The van der Waals surface area contributed by atoms with Crippen LogP contribution in [-0.2, 0) is 17.4 Å². The van der Waals surface area contributed by atoms with Gasteiger partial charge in [0.25, 0.3) is 0 Å². The van der Waals surface area contributed by atoms with E-state index in [0.717, 1.165) is 25.3 Å². The van der Waals surface area contributed by atoms with Gasteiger partial charge in [-0.25, -0.2) is 0 Å². The van der Waals surface area contributed by atoms with Gasteiger partial charge >= 0.3 is 0 Å².